The highest BCUT2D eigenvalue weighted by Crippen LogP contribution is 2.28. The number of halogens is 3. The highest BCUT2D eigenvalue weighted by Gasteiger charge is 2.16. The summed E-state index contributed by atoms with van der Waals surface area (Å²) >= 11 is 15.9. The Kier molecular flexibility index (Phi) is 18.0. The Bertz CT molecular complexity index is 2230. The smallest absolute Gasteiger partial charge is 0.194 e. The van der Waals surface area contributed by atoms with Crippen LogP contribution >= 0.6 is 58.1 Å². The molecule has 0 aliphatic heterocycles. The van der Waals surface area contributed by atoms with Crippen LogP contribution in [0.2, 0.25) is 10.0 Å². The van der Waals surface area contributed by atoms with Crippen LogP contribution in [0.5, 0.6) is 0 Å². The monoisotopic (exact) mass is 882 g/mol. The molecule has 0 aliphatic carbocycles. The SMILES string of the molecule is Cc1ccccc1C(=O)c1ccc(N)cc1Cl.Cc1ccccc1C(=O)c1ccc(Nc2ccccc2CCOP)cc1Cl.POCCc1ccccc1Br.[3HH].[3HH]. The van der Waals surface area contributed by atoms with Gasteiger partial charge in [0.25, 0.3) is 0 Å². The van der Waals surface area contributed by atoms with Crippen molar-refractivity contribution in [2.75, 3.05) is 24.3 Å². The largest absolute Gasteiger partial charge is 0.399 e. The molecule has 0 saturated heterocycles. The number of hydrogen-bond acceptors (Lipinski definition) is 6. The maximum Gasteiger partial charge on any atom is 0.194 e. The summed E-state index contributed by atoms with van der Waals surface area (Å²) in [7, 11) is 4.52. The first-order valence-corrected chi connectivity index (χ1v) is 19.8. The summed E-state index contributed by atoms with van der Waals surface area (Å²) in [5, 5.41) is 4.20. The molecular formula is C44H47BrCl2N2O4P2. The molecule has 6 aromatic rings. The van der Waals surface area contributed by atoms with Crippen LogP contribution in [-0.2, 0) is 21.9 Å². The third-order valence-electron chi connectivity index (χ3n) is 8.46. The number of nitrogens with one attached hydrogen (secondary N) is 1. The molecule has 0 spiro atoms. The summed E-state index contributed by atoms with van der Waals surface area (Å²) in [5.41, 5.74) is 14.6. The predicted octanol–water partition coefficient (Wildman–Crippen LogP) is 12.7. The molecule has 6 nitrogen and oxygen atoms in total. The van der Waals surface area contributed by atoms with Crippen LogP contribution in [0.25, 0.3) is 0 Å². The number of hydrogen-bond donors (Lipinski definition) is 2. The lowest BCUT2D eigenvalue weighted by Crippen LogP contribution is -2.05. The quantitative estimate of drug-likeness (QED) is 0.0723. The number of carbonyl (C=O) groups is 2. The number of ketones is 2. The van der Waals surface area contributed by atoms with Gasteiger partial charge in [-0.25, -0.2) is 0 Å². The minimum absolute atomic E-state index is 0. The predicted molar refractivity (Wildman–Crippen MR) is 243 cm³/mol. The van der Waals surface area contributed by atoms with Crippen molar-refractivity contribution in [3.8, 4) is 0 Å². The van der Waals surface area contributed by atoms with E-state index in [9.17, 15) is 9.59 Å². The van der Waals surface area contributed by atoms with Crippen molar-refractivity contribution >= 4 is 86.7 Å². The summed E-state index contributed by atoms with van der Waals surface area (Å²) < 4.78 is 11.1. The molecule has 0 radical (unpaired) electrons. The number of aryl methyl sites for hydroxylation is 2. The highest BCUT2D eigenvalue weighted by atomic mass is 79.9. The van der Waals surface area contributed by atoms with Crippen molar-refractivity contribution in [2.24, 2.45) is 0 Å². The van der Waals surface area contributed by atoms with Gasteiger partial charge in [0.2, 0.25) is 0 Å². The zero-order valence-electron chi connectivity index (χ0n) is 30.5. The second-order valence-electron chi connectivity index (χ2n) is 12.3. The molecule has 0 fully saturated rings. The molecule has 0 aromatic heterocycles. The van der Waals surface area contributed by atoms with Gasteiger partial charge in [-0.05, 0) is 97.5 Å². The van der Waals surface area contributed by atoms with E-state index in [4.69, 9.17) is 38.0 Å². The van der Waals surface area contributed by atoms with Crippen LogP contribution in [-0.4, -0.2) is 24.8 Å². The highest BCUT2D eigenvalue weighted by molar-refractivity contribution is 9.10. The second kappa shape index (κ2) is 22.6. The van der Waals surface area contributed by atoms with Gasteiger partial charge in [0.05, 0.1) is 23.3 Å². The van der Waals surface area contributed by atoms with Gasteiger partial charge in [0.15, 0.2) is 11.6 Å². The van der Waals surface area contributed by atoms with Crippen molar-refractivity contribution in [3.63, 3.8) is 0 Å². The van der Waals surface area contributed by atoms with E-state index in [2.05, 4.69) is 52.3 Å². The van der Waals surface area contributed by atoms with E-state index < -0.39 is 0 Å². The van der Waals surface area contributed by atoms with Crippen molar-refractivity contribution in [1.82, 2.24) is 0 Å². The van der Waals surface area contributed by atoms with Gasteiger partial charge < -0.3 is 20.1 Å². The number of rotatable bonds is 12. The summed E-state index contributed by atoms with van der Waals surface area (Å²) in [5.74, 6) is -0.143. The Morgan fingerprint density at radius 2 is 1.11 bits per heavy atom. The van der Waals surface area contributed by atoms with Crippen LogP contribution in [0.4, 0.5) is 17.1 Å². The molecule has 3 N–H and O–H groups in total. The van der Waals surface area contributed by atoms with E-state index in [1.807, 2.05) is 98.8 Å². The van der Waals surface area contributed by atoms with Gasteiger partial charge in [-0.15, -0.1) is 0 Å². The molecule has 0 aliphatic rings. The first-order valence-electron chi connectivity index (χ1n) is 17.3. The zero-order chi connectivity index (χ0) is 39.7. The molecule has 2 unspecified atom stereocenters. The Morgan fingerprint density at radius 1 is 0.636 bits per heavy atom. The molecule has 0 bridgehead atoms. The van der Waals surface area contributed by atoms with Crippen molar-refractivity contribution in [2.45, 2.75) is 26.7 Å². The minimum Gasteiger partial charge on any atom is -0.399 e. The van der Waals surface area contributed by atoms with E-state index >= 15 is 0 Å². The van der Waals surface area contributed by atoms with Crippen LogP contribution < -0.4 is 11.1 Å². The van der Waals surface area contributed by atoms with Gasteiger partial charge in [-0.3, -0.25) is 9.59 Å². The Hall–Kier alpha value is -3.90. The lowest BCUT2D eigenvalue weighted by molar-refractivity contribution is 0.103. The average Bonchev–Trinajstić information content (AvgIpc) is 3.18. The molecule has 288 valence electrons. The fourth-order valence-electron chi connectivity index (χ4n) is 5.49. The average molecular weight is 885 g/mol. The lowest BCUT2D eigenvalue weighted by atomic mass is 9.99. The number of anilines is 3. The summed E-state index contributed by atoms with van der Waals surface area (Å²) in [4.78, 5) is 25.1. The second-order valence-corrected chi connectivity index (χ2v) is 14.7. The van der Waals surface area contributed by atoms with Crippen LogP contribution in [0.1, 0.15) is 56.9 Å². The fraction of sp³-hybridized carbons (Fsp3) is 0.136. The topological polar surface area (TPSA) is 90.7 Å². The van der Waals surface area contributed by atoms with Gasteiger partial charge in [-0.1, -0.05) is 124 Å². The van der Waals surface area contributed by atoms with Gasteiger partial charge in [-0.2, -0.15) is 0 Å². The number of nitrogen functional groups attached to an aromatic ring is 1. The third kappa shape index (κ3) is 13.1. The van der Waals surface area contributed by atoms with Crippen molar-refractivity contribution in [1.29, 1.82) is 0 Å². The number of carbonyl (C=O) groups excluding carboxylic acids is 2. The molecule has 0 heterocycles. The maximum absolute atomic E-state index is 12.8. The third-order valence-corrected chi connectivity index (χ3v) is 10.3. The maximum atomic E-state index is 12.8. The summed E-state index contributed by atoms with van der Waals surface area (Å²) in [6.45, 7) is 5.19. The van der Waals surface area contributed by atoms with Crippen LogP contribution in [0, 0.1) is 13.8 Å². The van der Waals surface area contributed by atoms with E-state index in [1.54, 1.807) is 36.4 Å². The molecule has 0 saturated carbocycles. The molecule has 11 heteroatoms. The van der Waals surface area contributed by atoms with Gasteiger partial charge >= 0.3 is 0 Å². The van der Waals surface area contributed by atoms with Gasteiger partial charge in [0, 0.05) is 65.6 Å². The first kappa shape index (κ1) is 43.8. The normalized spacial score (nSPS) is 10.4. The number of nitrogens with two attached hydrogens (primary N) is 1. The Labute approximate surface area is 349 Å². The number of para-hydroxylation sites is 1. The molecule has 2 atom stereocenters. The molecule has 6 rings (SSSR count). The van der Waals surface area contributed by atoms with E-state index in [-0.39, 0.29) is 14.4 Å². The Morgan fingerprint density at radius 3 is 1.64 bits per heavy atom. The van der Waals surface area contributed by atoms with E-state index in [0.717, 1.165) is 52.0 Å². The Balaban J connectivity index is 0.000000320. The van der Waals surface area contributed by atoms with Crippen molar-refractivity contribution < 1.29 is 21.5 Å². The molecular weight excluding hydrogens is 833 g/mol. The van der Waals surface area contributed by atoms with Crippen molar-refractivity contribution in [3.05, 3.63) is 192 Å². The first-order chi connectivity index (χ1) is 26.5. The summed E-state index contributed by atoms with van der Waals surface area (Å²) in [6.07, 6.45) is 1.75. The summed E-state index contributed by atoms with van der Waals surface area (Å²) in [6, 6.07) is 41.5. The molecule has 6 aromatic carbocycles. The molecule has 0 amide bonds. The lowest BCUT2D eigenvalue weighted by Gasteiger charge is -2.13. The zero-order valence-corrected chi connectivity index (χ0v) is 35.9. The van der Waals surface area contributed by atoms with E-state index in [0.29, 0.717) is 44.6 Å². The minimum atomic E-state index is -0.0758. The van der Waals surface area contributed by atoms with Crippen LogP contribution in [0.3, 0.4) is 0 Å². The molecule has 55 heavy (non-hydrogen) atoms. The van der Waals surface area contributed by atoms with Crippen LogP contribution in [0.15, 0.2) is 138 Å². The van der Waals surface area contributed by atoms with E-state index in [1.165, 1.54) is 5.56 Å². The fourth-order valence-corrected chi connectivity index (χ4v) is 6.75. The van der Waals surface area contributed by atoms with Gasteiger partial charge in [0.1, 0.15) is 0 Å². The number of benzene rings is 6. The standard InChI is InChI=1S/C22H21ClNO2P.C14H12ClNO.C8H10BrOP.2H2/c1-15-6-2-4-8-18(15)22(25)19-11-10-17(14-20(19)23)24-21-9-5-3-7-16(21)12-13-26-27;1-9-4-2-3-5-11(9)14(17)12-7-6-10(16)8-13(12)15;9-8-4-2-1-3-7(8)5-6-10-11;;/h2-11,14,24H,12-13,27H2,1H3;2-8H,16H2,1H3;1-4H,5-6,11H2;2*1H/i;;;2*1+2.